The summed E-state index contributed by atoms with van der Waals surface area (Å²) < 4.78 is 6.11. The fourth-order valence-corrected chi connectivity index (χ4v) is 2.79. The van der Waals surface area contributed by atoms with E-state index in [-0.39, 0.29) is 24.8 Å². The Hall–Kier alpha value is -1.75. The third-order valence-electron chi connectivity index (χ3n) is 4.07. The molecule has 1 saturated carbocycles. The summed E-state index contributed by atoms with van der Waals surface area (Å²) in [5.74, 6) is 0.856. The molecule has 2 rings (SSSR count). The lowest BCUT2D eigenvalue weighted by Crippen LogP contribution is -2.51. The Balaban J connectivity index is 1.97. The Labute approximate surface area is 132 Å². The predicted molar refractivity (Wildman–Crippen MR) is 86.1 cm³/mol. The Kier molecular flexibility index (Phi) is 6.07. The van der Waals surface area contributed by atoms with Crippen molar-refractivity contribution >= 4 is 6.03 Å². The van der Waals surface area contributed by atoms with Gasteiger partial charge in [-0.1, -0.05) is 18.6 Å². The van der Waals surface area contributed by atoms with Gasteiger partial charge in [0.05, 0.1) is 12.6 Å². The van der Waals surface area contributed by atoms with Crippen molar-refractivity contribution in [2.45, 2.75) is 44.8 Å². The lowest BCUT2D eigenvalue weighted by molar-refractivity contribution is 0.110. The van der Waals surface area contributed by atoms with Crippen LogP contribution < -0.4 is 10.1 Å². The number of ether oxygens (including phenoxy) is 1. The van der Waals surface area contributed by atoms with Crippen molar-refractivity contribution in [2.75, 3.05) is 20.2 Å². The molecule has 122 valence electrons. The minimum Gasteiger partial charge on any atom is -0.488 e. The highest BCUT2D eigenvalue weighted by molar-refractivity contribution is 5.74. The molecule has 0 radical (unpaired) electrons. The van der Waals surface area contributed by atoms with E-state index in [1.807, 2.05) is 31.2 Å². The van der Waals surface area contributed by atoms with E-state index in [0.717, 1.165) is 37.0 Å². The highest BCUT2D eigenvalue weighted by atomic mass is 16.5. The number of benzene rings is 1. The molecule has 0 aliphatic heterocycles. The first-order valence-electron chi connectivity index (χ1n) is 7.96. The van der Waals surface area contributed by atoms with Crippen molar-refractivity contribution < 1.29 is 14.6 Å². The molecule has 5 nitrogen and oxygen atoms in total. The highest BCUT2D eigenvalue weighted by Crippen LogP contribution is 2.24. The maximum atomic E-state index is 12.1. The molecule has 5 heteroatoms. The molecule has 0 heterocycles. The van der Waals surface area contributed by atoms with Crippen molar-refractivity contribution in [3.05, 3.63) is 29.8 Å². The Morgan fingerprint density at radius 2 is 2.18 bits per heavy atom. The van der Waals surface area contributed by atoms with Crippen LogP contribution in [-0.2, 0) is 0 Å². The summed E-state index contributed by atoms with van der Waals surface area (Å²) in [6, 6.07) is 7.86. The molecule has 0 spiro atoms. The first-order valence-corrected chi connectivity index (χ1v) is 7.96. The Morgan fingerprint density at radius 3 is 2.91 bits per heavy atom. The van der Waals surface area contributed by atoms with Gasteiger partial charge in [0.25, 0.3) is 0 Å². The molecule has 22 heavy (non-hydrogen) atoms. The average molecular weight is 306 g/mol. The minimum absolute atomic E-state index is 0.00188. The number of carbonyl (C=O) groups excluding carboxylic acids is 1. The molecule has 1 fully saturated rings. The summed E-state index contributed by atoms with van der Waals surface area (Å²) in [4.78, 5) is 13.6. The first kappa shape index (κ1) is 16.6. The number of aliphatic hydroxyl groups is 1. The summed E-state index contributed by atoms with van der Waals surface area (Å²) >= 11 is 0. The van der Waals surface area contributed by atoms with Gasteiger partial charge < -0.3 is 20.1 Å². The number of nitrogens with zero attached hydrogens (tertiary/aromatic N) is 1. The van der Waals surface area contributed by atoms with E-state index in [0.29, 0.717) is 6.54 Å². The number of likely N-dealkylation sites (N-methyl/N-ethyl adjacent to an activating group) is 1. The molecule has 1 aliphatic rings. The van der Waals surface area contributed by atoms with Gasteiger partial charge in [0.15, 0.2) is 0 Å². The Bertz CT molecular complexity index is 493. The SMILES string of the molecule is Cc1cccc(OC2CCCCC2NC(=O)N(C)CCO)c1. The van der Waals surface area contributed by atoms with E-state index in [1.165, 1.54) is 4.90 Å². The number of nitrogens with one attached hydrogen (secondary N) is 1. The third-order valence-corrected chi connectivity index (χ3v) is 4.07. The third kappa shape index (κ3) is 4.63. The van der Waals surface area contributed by atoms with Crippen LogP contribution in [0.3, 0.4) is 0 Å². The monoisotopic (exact) mass is 306 g/mol. The summed E-state index contributed by atoms with van der Waals surface area (Å²) in [6.07, 6.45) is 4.09. The first-order chi connectivity index (χ1) is 10.6. The average Bonchev–Trinajstić information content (AvgIpc) is 2.49. The van der Waals surface area contributed by atoms with Crippen molar-refractivity contribution in [3.8, 4) is 5.75 Å². The normalized spacial score (nSPS) is 21.2. The lowest BCUT2D eigenvalue weighted by Gasteiger charge is -2.33. The van der Waals surface area contributed by atoms with Crippen LogP contribution in [0.2, 0.25) is 0 Å². The highest BCUT2D eigenvalue weighted by Gasteiger charge is 2.29. The largest absolute Gasteiger partial charge is 0.488 e. The molecule has 0 bridgehead atoms. The number of rotatable bonds is 5. The van der Waals surface area contributed by atoms with Crippen molar-refractivity contribution in [1.29, 1.82) is 0 Å². The molecule has 0 aromatic heterocycles. The predicted octanol–water partition coefficient (Wildman–Crippen LogP) is 2.32. The van der Waals surface area contributed by atoms with Gasteiger partial charge in [0, 0.05) is 13.6 Å². The molecule has 2 N–H and O–H groups in total. The van der Waals surface area contributed by atoms with E-state index >= 15 is 0 Å². The van der Waals surface area contributed by atoms with Gasteiger partial charge in [-0.05, 0) is 43.9 Å². The Morgan fingerprint density at radius 1 is 1.41 bits per heavy atom. The van der Waals surface area contributed by atoms with Crippen LogP contribution in [0.1, 0.15) is 31.2 Å². The molecular weight excluding hydrogens is 280 g/mol. The fraction of sp³-hybridized carbons (Fsp3) is 0.588. The number of amides is 2. The van der Waals surface area contributed by atoms with Gasteiger partial charge in [0.2, 0.25) is 0 Å². The van der Waals surface area contributed by atoms with Gasteiger partial charge in [-0.25, -0.2) is 4.79 Å². The van der Waals surface area contributed by atoms with Crippen LogP contribution in [0.4, 0.5) is 4.79 Å². The van der Waals surface area contributed by atoms with E-state index in [1.54, 1.807) is 7.05 Å². The topological polar surface area (TPSA) is 61.8 Å². The number of hydrogen-bond acceptors (Lipinski definition) is 3. The van der Waals surface area contributed by atoms with Crippen LogP contribution in [0.5, 0.6) is 5.75 Å². The van der Waals surface area contributed by atoms with Crippen LogP contribution in [0.15, 0.2) is 24.3 Å². The van der Waals surface area contributed by atoms with Gasteiger partial charge in [-0.2, -0.15) is 0 Å². The standard InChI is InChI=1S/C17H26N2O3/c1-13-6-5-7-14(12-13)22-16-9-4-3-8-15(16)18-17(21)19(2)10-11-20/h5-7,12,15-16,20H,3-4,8-11H2,1-2H3,(H,18,21). The summed E-state index contributed by atoms with van der Waals surface area (Å²) in [5, 5.41) is 12.0. The molecule has 1 aliphatic carbocycles. The van der Waals surface area contributed by atoms with Crippen molar-refractivity contribution in [1.82, 2.24) is 10.2 Å². The summed E-state index contributed by atoms with van der Waals surface area (Å²) in [6.45, 7) is 2.34. The second kappa shape index (κ2) is 8.03. The van der Waals surface area contributed by atoms with Crippen molar-refractivity contribution in [3.63, 3.8) is 0 Å². The number of carbonyl (C=O) groups is 1. The second-order valence-corrected chi connectivity index (χ2v) is 5.96. The number of aliphatic hydroxyl groups excluding tert-OH is 1. The maximum absolute atomic E-state index is 12.1. The van der Waals surface area contributed by atoms with Gasteiger partial charge in [0.1, 0.15) is 11.9 Å². The van der Waals surface area contributed by atoms with Crippen LogP contribution >= 0.6 is 0 Å². The zero-order valence-corrected chi connectivity index (χ0v) is 13.4. The van der Waals surface area contributed by atoms with E-state index < -0.39 is 0 Å². The molecule has 0 saturated heterocycles. The van der Waals surface area contributed by atoms with E-state index in [4.69, 9.17) is 9.84 Å². The lowest BCUT2D eigenvalue weighted by atomic mass is 9.92. The van der Waals surface area contributed by atoms with E-state index in [9.17, 15) is 4.79 Å². The molecule has 1 aromatic carbocycles. The molecule has 2 amide bonds. The minimum atomic E-state index is -0.154. The smallest absolute Gasteiger partial charge is 0.317 e. The second-order valence-electron chi connectivity index (χ2n) is 5.96. The molecule has 2 atom stereocenters. The van der Waals surface area contributed by atoms with Gasteiger partial charge in [-0.15, -0.1) is 0 Å². The van der Waals surface area contributed by atoms with Crippen LogP contribution in [0.25, 0.3) is 0 Å². The summed E-state index contributed by atoms with van der Waals surface area (Å²) in [7, 11) is 1.69. The number of hydrogen-bond donors (Lipinski definition) is 2. The maximum Gasteiger partial charge on any atom is 0.317 e. The van der Waals surface area contributed by atoms with Crippen molar-refractivity contribution in [2.24, 2.45) is 0 Å². The number of aryl methyl sites for hydroxylation is 1. The zero-order valence-electron chi connectivity index (χ0n) is 13.4. The number of urea groups is 1. The molecular formula is C17H26N2O3. The zero-order chi connectivity index (χ0) is 15.9. The van der Waals surface area contributed by atoms with E-state index in [2.05, 4.69) is 5.32 Å². The molecule has 1 aromatic rings. The fourth-order valence-electron chi connectivity index (χ4n) is 2.79. The van der Waals surface area contributed by atoms with Gasteiger partial charge >= 0.3 is 6.03 Å². The van der Waals surface area contributed by atoms with Crippen LogP contribution in [-0.4, -0.2) is 48.4 Å². The molecule has 2 unspecified atom stereocenters. The quantitative estimate of drug-likeness (QED) is 0.877. The van der Waals surface area contributed by atoms with Crippen LogP contribution in [0, 0.1) is 6.92 Å². The summed E-state index contributed by atoms with van der Waals surface area (Å²) in [5.41, 5.74) is 1.16. The van der Waals surface area contributed by atoms with Gasteiger partial charge in [-0.3, -0.25) is 0 Å².